The van der Waals surface area contributed by atoms with Crippen LogP contribution in [-0.4, -0.2) is 25.7 Å². The Morgan fingerprint density at radius 2 is 2.10 bits per heavy atom. The highest BCUT2D eigenvalue weighted by molar-refractivity contribution is 9.10. The van der Waals surface area contributed by atoms with E-state index in [1.165, 1.54) is 11.3 Å². The minimum absolute atomic E-state index is 0.184. The molecule has 0 aliphatic heterocycles. The summed E-state index contributed by atoms with van der Waals surface area (Å²) in [4.78, 5) is 0.184. The van der Waals surface area contributed by atoms with Crippen molar-refractivity contribution in [3.05, 3.63) is 33.2 Å². The van der Waals surface area contributed by atoms with E-state index in [4.69, 9.17) is 0 Å². The normalized spacial score (nSPS) is 11.6. The fourth-order valence-electron chi connectivity index (χ4n) is 1.68. The fourth-order valence-corrected chi connectivity index (χ4v) is 4.60. The summed E-state index contributed by atoms with van der Waals surface area (Å²) in [5.74, 6) is 0. The van der Waals surface area contributed by atoms with Gasteiger partial charge in [-0.25, -0.2) is 8.42 Å². The number of hydrogen-bond acceptors (Lipinski definition) is 6. The van der Waals surface area contributed by atoms with Gasteiger partial charge in [-0.05, 0) is 47.1 Å². The van der Waals surface area contributed by atoms with Gasteiger partial charge in [0.25, 0.3) is 10.0 Å². The first-order chi connectivity index (χ1) is 9.96. The van der Waals surface area contributed by atoms with E-state index in [2.05, 4.69) is 36.2 Å². The van der Waals surface area contributed by atoms with Crippen LogP contribution in [0, 0.1) is 0 Å². The molecule has 0 amide bonds. The molecule has 0 saturated carbocycles. The van der Waals surface area contributed by atoms with Gasteiger partial charge in [0, 0.05) is 11.0 Å². The Hall–Kier alpha value is -1.03. The molecule has 1 aromatic heterocycles. The van der Waals surface area contributed by atoms with Crippen LogP contribution in [0.5, 0.6) is 0 Å². The molecule has 2 aromatic rings. The predicted molar refractivity (Wildman–Crippen MR) is 87.0 cm³/mol. The summed E-state index contributed by atoms with van der Waals surface area (Å²) in [6.07, 6.45) is 0.723. The lowest BCUT2D eigenvalue weighted by Crippen LogP contribution is -2.14. The Morgan fingerprint density at radius 3 is 2.71 bits per heavy atom. The molecule has 0 bridgehead atoms. The molecular formula is C12H15BrN4O2S2. The molecular weight excluding hydrogens is 376 g/mol. The minimum Gasteiger partial charge on any atom is -0.316 e. The summed E-state index contributed by atoms with van der Waals surface area (Å²) in [7, 11) is -1.89. The van der Waals surface area contributed by atoms with Crippen LogP contribution in [0.25, 0.3) is 0 Å². The van der Waals surface area contributed by atoms with Crippen molar-refractivity contribution in [2.75, 3.05) is 11.8 Å². The summed E-state index contributed by atoms with van der Waals surface area (Å²) < 4.78 is 27.9. The van der Waals surface area contributed by atoms with E-state index in [9.17, 15) is 8.42 Å². The first-order valence-electron chi connectivity index (χ1n) is 6.24. The van der Waals surface area contributed by atoms with Crippen molar-refractivity contribution >= 4 is 42.4 Å². The largest absolute Gasteiger partial charge is 0.316 e. The fraction of sp³-hybridized carbons (Fsp3) is 0.333. The van der Waals surface area contributed by atoms with E-state index in [-0.39, 0.29) is 10.0 Å². The maximum atomic E-state index is 12.5. The van der Waals surface area contributed by atoms with Crippen molar-refractivity contribution in [3.63, 3.8) is 0 Å². The Morgan fingerprint density at radius 1 is 1.33 bits per heavy atom. The third-order valence-electron chi connectivity index (χ3n) is 2.66. The second-order valence-electron chi connectivity index (χ2n) is 4.26. The lowest BCUT2D eigenvalue weighted by molar-refractivity contribution is 0.600. The van der Waals surface area contributed by atoms with Crippen LogP contribution in [0.15, 0.2) is 27.6 Å². The molecule has 9 heteroatoms. The molecule has 2 rings (SSSR count). The van der Waals surface area contributed by atoms with Gasteiger partial charge in [0.15, 0.2) is 0 Å². The second kappa shape index (κ2) is 6.82. The monoisotopic (exact) mass is 390 g/mol. The summed E-state index contributed by atoms with van der Waals surface area (Å²) in [6, 6.07) is 5.21. The molecule has 0 saturated heterocycles. The summed E-state index contributed by atoms with van der Waals surface area (Å²) in [5.41, 5.74) is 0.882. The molecule has 0 atom stereocenters. The van der Waals surface area contributed by atoms with Crippen molar-refractivity contribution in [2.45, 2.75) is 24.8 Å². The summed E-state index contributed by atoms with van der Waals surface area (Å²) in [6.45, 7) is 2.53. The van der Waals surface area contributed by atoms with Gasteiger partial charge in [-0.1, -0.05) is 24.3 Å². The van der Waals surface area contributed by atoms with E-state index in [1.807, 2.05) is 20.0 Å². The van der Waals surface area contributed by atoms with Crippen LogP contribution in [0.3, 0.4) is 0 Å². The Labute approximate surface area is 136 Å². The van der Waals surface area contributed by atoms with E-state index in [0.29, 0.717) is 11.0 Å². The quantitative estimate of drug-likeness (QED) is 0.790. The molecule has 0 aliphatic carbocycles. The third kappa shape index (κ3) is 4.00. The van der Waals surface area contributed by atoms with E-state index >= 15 is 0 Å². The number of sulfonamides is 1. The number of anilines is 1. The maximum absolute atomic E-state index is 12.5. The zero-order chi connectivity index (χ0) is 15.5. The van der Waals surface area contributed by atoms with Crippen molar-refractivity contribution in [1.82, 2.24) is 15.5 Å². The Bertz CT molecular complexity index is 731. The molecule has 0 spiro atoms. The van der Waals surface area contributed by atoms with Crippen LogP contribution in [-0.2, 0) is 23.0 Å². The zero-order valence-corrected chi connectivity index (χ0v) is 14.8. The standard InChI is InChI=1S/C12H15BrN4O2S2/c1-3-11-15-16-12(20-11)17-21(18,19)10-6-8(7-14-2)4-5-9(10)13/h4-6,14H,3,7H2,1-2H3,(H,16,17). The predicted octanol–water partition coefficient (Wildman–Crippen LogP) is 2.38. The lowest BCUT2D eigenvalue weighted by atomic mass is 10.2. The molecule has 0 radical (unpaired) electrons. The lowest BCUT2D eigenvalue weighted by Gasteiger charge is -2.09. The molecule has 1 aromatic carbocycles. The highest BCUT2D eigenvalue weighted by atomic mass is 79.9. The van der Waals surface area contributed by atoms with E-state index in [1.54, 1.807) is 12.1 Å². The molecule has 2 N–H and O–H groups in total. The van der Waals surface area contributed by atoms with Gasteiger partial charge in [-0.15, -0.1) is 10.2 Å². The van der Waals surface area contributed by atoms with E-state index in [0.717, 1.165) is 17.0 Å². The highest BCUT2D eigenvalue weighted by Gasteiger charge is 2.20. The number of aromatic nitrogens is 2. The number of hydrogen-bond donors (Lipinski definition) is 2. The number of nitrogens with one attached hydrogen (secondary N) is 2. The Balaban J connectivity index is 2.32. The van der Waals surface area contributed by atoms with Crippen LogP contribution in [0.1, 0.15) is 17.5 Å². The zero-order valence-electron chi connectivity index (χ0n) is 11.6. The van der Waals surface area contributed by atoms with Crippen LogP contribution in [0.2, 0.25) is 0 Å². The smallest absolute Gasteiger partial charge is 0.264 e. The molecule has 114 valence electrons. The summed E-state index contributed by atoms with van der Waals surface area (Å²) >= 11 is 4.51. The topological polar surface area (TPSA) is 84.0 Å². The number of rotatable bonds is 6. The van der Waals surface area contributed by atoms with E-state index < -0.39 is 10.0 Å². The molecule has 6 nitrogen and oxygen atoms in total. The highest BCUT2D eigenvalue weighted by Crippen LogP contribution is 2.26. The number of nitrogens with zero attached hydrogens (tertiary/aromatic N) is 2. The molecule has 21 heavy (non-hydrogen) atoms. The molecule has 0 aliphatic rings. The van der Waals surface area contributed by atoms with Crippen LogP contribution >= 0.6 is 27.3 Å². The average Bonchev–Trinajstić information content (AvgIpc) is 2.88. The number of benzene rings is 1. The molecule has 0 unspecified atom stereocenters. The first-order valence-corrected chi connectivity index (χ1v) is 9.33. The van der Waals surface area contributed by atoms with Crippen LogP contribution < -0.4 is 10.0 Å². The minimum atomic E-state index is -3.70. The van der Waals surface area contributed by atoms with Crippen molar-refractivity contribution < 1.29 is 8.42 Å². The maximum Gasteiger partial charge on any atom is 0.264 e. The second-order valence-corrected chi connectivity index (χ2v) is 7.82. The summed E-state index contributed by atoms with van der Waals surface area (Å²) in [5, 5.41) is 11.8. The van der Waals surface area contributed by atoms with Crippen molar-refractivity contribution in [1.29, 1.82) is 0 Å². The van der Waals surface area contributed by atoms with Gasteiger partial charge in [0.05, 0.1) is 0 Å². The number of aryl methyl sites for hydroxylation is 1. The first kappa shape index (κ1) is 16.3. The van der Waals surface area contributed by atoms with Crippen LogP contribution in [0.4, 0.5) is 5.13 Å². The molecule has 0 fully saturated rings. The third-order valence-corrected chi connectivity index (χ3v) is 6.10. The van der Waals surface area contributed by atoms with Gasteiger partial charge in [0.2, 0.25) is 5.13 Å². The average molecular weight is 391 g/mol. The molecule has 1 heterocycles. The SMILES string of the molecule is CCc1nnc(NS(=O)(=O)c2cc(CNC)ccc2Br)s1. The number of halogens is 1. The van der Waals surface area contributed by atoms with Gasteiger partial charge in [0.1, 0.15) is 9.90 Å². The van der Waals surface area contributed by atoms with Gasteiger partial charge >= 0.3 is 0 Å². The Kier molecular flexibility index (Phi) is 5.31. The van der Waals surface area contributed by atoms with Gasteiger partial charge in [-0.3, -0.25) is 4.72 Å². The van der Waals surface area contributed by atoms with Crippen molar-refractivity contribution in [3.8, 4) is 0 Å². The van der Waals surface area contributed by atoms with Gasteiger partial charge < -0.3 is 5.32 Å². The van der Waals surface area contributed by atoms with Gasteiger partial charge in [-0.2, -0.15) is 0 Å². The van der Waals surface area contributed by atoms with Crippen molar-refractivity contribution in [2.24, 2.45) is 0 Å².